The van der Waals surface area contributed by atoms with Gasteiger partial charge in [-0.1, -0.05) is 0 Å². The zero-order valence-electron chi connectivity index (χ0n) is 15.0. The van der Waals surface area contributed by atoms with Crippen LogP contribution in [0.4, 0.5) is 10.1 Å². The van der Waals surface area contributed by atoms with Gasteiger partial charge in [-0.3, -0.25) is 9.59 Å². The molecule has 0 bridgehead atoms. The molecule has 0 unspecified atom stereocenters. The second-order valence-corrected chi connectivity index (χ2v) is 6.63. The Balaban J connectivity index is 1.91. The molecule has 1 aliphatic rings. The average Bonchev–Trinajstić information content (AvgIpc) is 2.62. The Morgan fingerprint density at radius 3 is 2.32 bits per heavy atom. The maximum atomic E-state index is 13.0. The molecular formula is C18H26FN3O3. The molecule has 0 atom stereocenters. The van der Waals surface area contributed by atoms with Gasteiger partial charge in [-0.15, -0.1) is 0 Å². The van der Waals surface area contributed by atoms with E-state index in [0.29, 0.717) is 39.3 Å². The van der Waals surface area contributed by atoms with E-state index in [-0.39, 0.29) is 17.6 Å². The molecule has 1 heterocycles. The number of ether oxygens (including phenoxy) is 1. The third-order valence-electron chi connectivity index (χ3n) is 4.45. The number of carbonyl (C=O) groups excluding carboxylic acids is 2. The highest BCUT2D eigenvalue weighted by Gasteiger charge is 2.39. The molecule has 1 saturated heterocycles. The number of methoxy groups -OCH3 is 1. The molecule has 1 aliphatic heterocycles. The zero-order valence-corrected chi connectivity index (χ0v) is 15.0. The van der Waals surface area contributed by atoms with Crippen molar-refractivity contribution in [1.29, 1.82) is 0 Å². The van der Waals surface area contributed by atoms with Crippen LogP contribution in [-0.2, 0) is 14.3 Å². The van der Waals surface area contributed by atoms with E-state index in [1.54, 1.807) is 38.0 Å². The minimum absolute atomic E-state index is 0.179. The number of carbonyl (C=O) groups is 2. The number of piperazine rings is 1. The minimum atomic E-state index is -1.12. The van der Waals surface area contributed by atoms with Gasteiger partial charge < -0.3 is 19.9 Å². The van der Waals surface area contributed by atoms with Gasteiger partial charge in [0.05, 0.1) is 6.61 Å². The molecule has 2 amide bonds. The highest BCUT2D eigenvalue weighted by molar-refractivity contribution is 6.04. The lowest BCUT2D eigenvalue weighted by atomic mass is 9.90. The van der Waals surface area contributed by atoms with Crippen LogP contribution in [0.5, 0.6) is 0 Å². The van der Waals surface area contributed by atoms with Crippen LogP contribution in [0, 0.1) is 11.2 Å². The smallest absolute Gasteiger partial charge is 0.237 e. The lowest BCUT2D eigenvalue weighted by Crippen LogP contribution is -2.55. The van der Waals surface area contributed by atoms with E-state index in [0.717, 1.165) is 5.69 Å². The van der Waals surface area contributed by atoms with Gasteiger partial charge in [-0.2, -0.15) is 0 Å². The summed E-state index contributed by atoms with van der Waals surface area (Å²) in [6.45, 7) is 6.44. The van der Waals surface area contributed by atoms with Crippen molar-refractivity contribution >= 4 is 17.5 Å². The first-order chi connectivity index (χ1) is 11.9. The molecule has 1 fully saturated rings. The van der Waals surface area contributed by atoms with Crippen LogP contribution in [0.2, 0.25) is 0 Å². The fraction of sp³-hybridized carbons (Fsp3) is 0.556. The molecule has 1 aromatic carbocycles. The Kier molecular flexibility index (Phi) is 6.36. The molecule has 0 saturated carbocycles. The van der Waals surface area contributed by atoms with E-state index in [2.05, 4.69) is 10.2 Å². The van der Waals surface area contributed by atoms with Gasteiger partial charge in [0.1, 0.15) is 11.2 Å². The summed E-state index contributed by atoms with van der Waals surface area (Å²) in [5.41, 5.74) is -0.184. The number of hydrogen-bond acceptors (Lipinski definition) is 4. The van der Waals surface area contributed by atoms with Gasteiger partial charge >= 0.3 is 0 Å². The first kappa shape index (κ1) is 19.2. The highest BCUT2D eigenvalue weighted by atomic mass is 19.1. The summed E-state index contributed by atoms with van der Waals surface area (Å²) < 4.78 is 17.9. The molecule has 0 aliphatic carbocycles. The number of nitrogens with zero attached hydrogens (tertiary/aromatic N) is 2. The molecule has 1 N–H and O–H groups in total. The summed E-state index contributed by atoms with van der Waals surface area (Å²) in [4.78, 5) is 28.9. The minimum Gasteiger partial charge on any atom is -0.383 e. The Hall–Kier alpha value is -2.15. The first-order valence-corrected chi connectivity index (χ1v) is 8.43. The van der Waals surface area contributed by atoms with Crippen molar-refractivity contribution in [3.63, 3.8) is 0 Å². The van der Waals surface area contributed by atoms with Crippen molar-refractivity contribution < 1.29 is 18.7 Å². The van der Waals surface area contributed by atoms with Crippen LogP contribution < -0.4 is 10.2 Å². The molecule has 25 heavy (non-hydrogen) atoms. The van der Waals surface area contributed by atoms with E-state index in [4.69, 9.17) is 4.74 Å². The normalized spacial score (nSPS) is 15.2. The SMILES string of the molecule is COCCNC(=O)C(C)(C)C(=O)N1CCN(c2ccc(F)cc2)CC1. The third-order valence-corrected chi connectivity index (χ3v) is 4.45. The fourth-order valence-corrected chi connectivity index (χ4v) is 2.80. The first-order valence-electron chi connectivity index (χ1n) is 8.43. The predicted molar refractivity (Wildman–Crippen MR) is 93.9 cm³/mol. The topological polar surface area (TPSA) is 61.9 Å². The standard InChI is InChI=1S/C18H26FN3O3/c1-18(2,16(23)20-8-13-25-3)17(24)22-11-9-21(10-12-22)15-6-4-14(19)5-7-15/h4-7H,8-13H2,1-3H3,(H,20,23). The van der Waals surface area contributed by atoms with Crippen LogP contribution in [0.3, 0.4) is 0 Å². The predicted octanol–water partition coefficient (Wildman–Crippen LogP) is 1.26. The molecule has 1 aromatic rings. The van der Waals surface area contributed by atoms with Crippen molar-refractivity contribution in [2.24, 2.45) is 5.41 Å². The average molecular weight is 351 g/mol. The monoisotopic (exact) mass is 351 g/mol. The second kappa shape index (κ2) is 8.29. The summed E-state index contributed by atoms with van der Waals surface area (Å²) in [6, 6.07) is 6.33. The summed E-state index contributed by atoms with van der Waals surface area (Å²) in [6.07, 6.45) is 0. The molecule has 0 radical (unpaired) electrons. The Labute approximate surface area is 147 Å². The summed E-state index contributed by atoms with van der Waals surface area (Å²) in [5, 5.41) is 2.73. The number of anilines is 1. The zero-order chi connectivity index (χ0) is 18.4. The molecule has 6 nitrogen and oxygen atoms in total. The number of benzene rings is 1. The number of rotatable bonds is 6. The van der Waals surface area contributed by atoms with Gasteiger partial charge in [0.25, 0.3) is 0 Å². The van der Waals surface area contributed by atoms with Crippen LogP contribution in [0.15, 0.2) is 24.3 Å². The van der Waals surface area contributed by atoms with Gasteiger partial charge in [0.2, 0.25) is 11.8 Å². The Morgan fingerprint density at radius 1 is 1.16 bits per heavy atom. The number of halogens is 1. The Bertz CT molecular complexity index is 596. The quantitative estimate of drug-likeness (QED) is 0.619. The molecule has 0 spiro atoms. The molecule has 7 heteroatoms. The third kappa shape index (κ3) is 4.69. The number of hydrogen-bond donors (Lipinski definition) is 1. The summed E-state index contributed by atoms with van der Waals surface area (Å²) in [7, 11) is 1.56. The second-order valence-electron chi connectivity index (χ2n) is 6.63. The summed E-state index contributed by atoms with van der Waals surface area (Å²) in [5.74, 6) is -0.740. The van der Waals surface area contributed by atoms with Gasteiger partial charge in [0.15, 0.2) is 0 Å². The lowest BCUT2D eigenvalue weighted by molar-refractivity contribution is -0.148. The molecule has 2 rings (SSSR count). The van der Waals surface area contributed by atoms with E-state index < -0.39 is 5.41 Å². The van der Waals surface area contributed by atoms with Crippen LogP contribution in [0.1, 0.15) is 13.8 Å². The van der Waals surface area contributed by atoms with Crippen molar-refractivity contribution in [3.8, 4) is 0 Å². The lowest BCUT2D eigenvalue weighted by Gasteiger charge is -2.39. The van der Waals surface area contributed by atoms with Crippen LogP contribution in [-0.4, -0.2) is 63.2 Å². The Morgan fingerprint density at radius 2 is 1.76 bits per heavy atom. The van der Waals surface area contributed by atoms with E-state index in [1.165, 1.54) is 12.1 Å². The van der Waals surface area contributed by atoms with Gasteiger partial charge in [-0.25, -0.2) is 4.39 Å². The number of amides is 2. The fourth-order valence-electron chi connectivity index (χ4n) is 2.80. The largest absolute Gasteiger partial charge is 0.383 e. The van der Waals surface area contributed by atoms with E-state index in [1.807, 2.05) is 0 Å². The van der Waals surface area contributed by atoms with Crippen molar-refractivity contribution in [3.05, 3.63) is 30.1 Å². The molecule has 0 aromatic heterocycles. The molecule has 138 valence electrons. The number of nitrogens with one attached hydrogen (secondary N) is 1. The molecular weight excluding hydrogens is 325 g/mol. The van der Waals surface area contributed by atoms with Crippen molar-refractivity contribution in [2.45, 2.75) is 13.8 Å². The summed E-state index contributed by atoms with van der Waals surface area (Å²) >= 11 is 0. The van der Waals surface area contributed by atoms with Gasteiger partial charge in [-0.05, 0) is 38.1 Å². The van der Waals surface area contributed by atoms with Crippen LogP contribution in [0.25, 0.3) is 0 Å². The van der Waals surface area contributed by atoms with Crippen molar-refractivity contribution in [2.75, 3.05) is 51.3 Å². The van der Waals surface area contributed by atoms with E-state index in [9.17, 15) is 14.0 Å². The van der Waals surface area contributed by atoms with Gasteiger partial charge in [0, 0.05) is 45.5 Å². The van der Waals surface area contributed by atoms with E-state index >= 15 is 0 Å². The highest BCUT2D eigenvalue weighted by Crippen LogP contribution is 2.22. The van der Waals surface area contributed by atoms with Crippen LogP contribution >= 0.6 is 0 Å². The maximum absolute atomic E-state index is 13.0. The van der Waals surface area contributed by atoms with Crippen molar-refractivity contribution in [1.82, 2.24) is 10.2 Å². The maximum Gasteiger partial charge on any atom is 0.237 e.